The van der Waals surface area contributed by atoms with Gasteiger partial charge in [0.2, 0.25) is 5.91 Å². The third kappa shape index (κ3) is 4.34. The number of fused-ring (bicyclic) bond motifs is 1. The molecule has 2 N–H and O–H groups in total. The number of aromatic amines is 1. The lowest BCUT2D eigenvalue weighted by Crippen LogP contribution is -2.54. The highest BCUT2D eigenvalue weighted by molar-refractivity contribution is 5.79. The second-order valence-corrected chi connectivity index (χ2v) is 8.30. The lowest BCUT2D eigenvalue weighted by Gasteiger charge is -2.37. The molecule has 2 aliphatic heterocycles. The zero-order chi connectivity index (χ0) is 22.3. The van der Waals surface area contributed by atoms with Crippen molar-refractivity contribution in [3.05, 3.63) is 50.1 Å². The molecule has 4 heterocycles. The van der Waals surface area contributed by atoms with Crippen molar-refractivity contribution in [3.8, 4) is 0 Å². The largest absolute Gasteiger partial charge is 0.371 e. The summed E-state index contributed by atoms with van der Waals surface area (Å²) in [6.07, 6.45) is 0.117. The van der Waals surface area contributed by atoms with Gasteiger partial charge < -0.3 is 24.1 Å². The second kappa shape index (κ2) is 8.06. The number of carbonyl (C=O) groups excluding carboxylic acids is 1. The van der Waals surface area contributed by atoms with Gasteiger partial charge in [0.05, 0.1) is 24.8 Å². The van der Waals surface area contributed by atoms with Gasteiger partial charge in [-0.3, -0.25) is 19.1 Å². The van der Waals surface area contributed by atoms with Gasteiger partial charge in [-0.15, -0.1) is 0 Å². The molecule has 0 radical (unpaired) electrons. The molecule has 0 unspecified atom stereocenters. The topological polar surface area (TPSA) is 138 Å². The molecule has 168 valence electrons. The fraction of sp³-hybridized carbons (Fsp3) is 0.600. The van der Waals surface area contributed by atoms with Crippen molar-refractivity contribution in [2.45, 2.75) is 64.3 Å². The predicted octanol–water partition coefficient (Wildman–Crippen LogP) is -0.0397. The van der Waals surface area contributed by atoms with Gasteiger partial charge in [0.15, 0.2) is 5.79 Å². The van der Waals surface area contributed by atoms with Crippen LogP contribution < -0.4 is 16.6 Å². The molecule has 2 aliphatic rings. The monoisotopic (exact) mass is 434 g/mol. The van der Waals surface area contributed by atoms with E-state index in [1.165, 1.54) is 16.8 Å². The molecule has 0 aliphatic carbocycles. The summed E-state index contributed by atoms with van der Waals surface area (Å²) in [7, 11) is 0. The van der Waals surface area contributed by atoms with Crippen LogP contribution in [-0.2, 0) is 25.4 Å². The number of aromatic nitrogens is 3. The second-order valence-electron chi connectivity index (χ2n) is 8.30. The fourth-order valence-electron chi connectivity index (χ4n) is 4.11. The van der Waals surface area contributed by atoms with Gasteiger partial charge in [0.25, 0.3) is 5.56 Å². The van der Waals surface area contributed by atoms with Crippen LogP contribution in [0.25, 0.3) is 0 Å². The third-order valence-electron chi connectivity index (χ3n) is 5.62. The molecule has 4 rings (SSSR count). The Labute approximate surface area is 177 Å². The van der Waals surface area contributed by atoms with Crippen LogP contribution in [0.15, 0.2) is 26.4 Å². The van der Waals surface area contributed by atoms with Crippen LogP contribution in [0, 0.1) is 13.8 Å². The Morgan fingerprint density at radius 1 is 1.29 bits per heavy atom. The van der Waals surface area contributed by atoms with Gasteiger partial charge in [-0.2, -0.15) is 0 Å². The number of hydrogen-bond acceptors (Lipinski definition) is 8. The molecule has 11 nitrogen and oxygen atoms in total. The van der Waals surface area contributed by atoms with Crippen molar-refractivity contribution in [2.75, 3.05) is 13.2 Å². The van der Waals surface area contributed by atoms with Gasteiger partial charge in [-0.25, -0.2) is 4.79 Å². The zero-order valence-electron chi connectivity index (χ0n) is 17.8. The maximum absolute atomic E-state index is 12.5. The van der Waals surface area contributed by atoms with Crippen molar-refractivity contribution in [1.82, 2.24) is 20.0 Å². The van der Waals surface area contributed by atoms with E-state index in [-0.39, 0.29) is 25.5 Å². The molecule has 11 heteroatoms. The van der Waals surface area contributed by atoms with E-state index < -0.39 is 41.4 Å². The summed E-state index contributed by atoms with van der Waals surface area (Å²) in [5.74, 6) is -0.455. The van der Waals surface area contributed by atoms with Crippen molar-refractivity contribution < 1.29 is 23.5 Å². The average Bonchev–Trinajstić information content (AvgIpc) is 3.19. The van der Waals surface area contributed by atoms with Crippen molar-refractivity contribution in [1.29, 1.82) is 0 Å². The van der Waals surface area contributed by atoms with Gasteiger partial charge in [0.1, 0.15) is 24.1 Å². The van der Waals surface area contributed by atoms with E-state index >= 15 is 0 Å². The van der Waals surface area contributed by atoms with Gasteiger partial charge in [-0.05, 0) is 27.7 Å². The van der Waals surface area contributed by atoms with Crippen LogP contribution in [0.3, 0.4) is 0 Å². The Morgan fingerprint density at radius 3 is 2.71 bits per heavy atom. The lowest BCUT2D eigenvalue weighted by molar-refractivity contribution is -0.153. The Kier molecular flexibility index (Phi) is 5.58. The quantitative estimate of drug-likeness (QED) is 0.669. The van der Waals surface area contributed by atoms with E-state index in [1.54, 1.807) is 27.7 Å². The first-order valence-corrected chi connectivity index (χ1v) is 10.1. The van der Waals surface area contributed by atoms with Crippen molar-refractivity contribution >= 4 is 5.91 Å². The van der Waals surface area contributed by atoms with Gasteiger partial charge in [-0.1, -0.05) is 5.16 Å². The van der Waals surface area contributed by atoms with Crippen LogP contribution in [-0.4, -0.2) is 57.9 Å². The fourth-order valence-corrected chi connectivity index (χ4v) is 4.11. The highest BCUT2D eigenvalue weighted by atomic mass is 16.8. The first kappa shape index (κ1) is 21.5. The van der Waals surface area contributed by atoms with Crippen LogP contribution in [0.4, 0.5) is 0 Å². The first-order chi connectivity index (χ1) is 14.6. The Hall–Kier alpha value is -2.76. The predicted molar refractivity (Wildman–Crippen MR) is 107 cm³/mol. The molecule has 31 heavy (non-hydrogen) atoms. The van der Waals surface area contributed by atoms with E-state index in [1.807, 2.05) is 0 Å². The minimum absolute atomic E-state index is 0.153. The van der Waals surface area contributed by atoms with E-state index in [2.05, 4.69) is 15.5 Å². The lowest BCUT2D eigenvalue weighted by atomic mass is 9.97. The number of aryl methyl sites for hydroxylation is 2. The molecule has 0 spiro atoms. The smallest absolute Gasteiger partial charge is 0.328 e. The molecule has 0 aromatic carbocycles. The summed E-state index contributed by atoms with van der Waals surface area (Å²) in [4.78, 5) is 38.4. The Balaban J connectivity index is 1.46. The molecule has 1 amide bonds. The summed E-state index contributed by atoms with van der Waals surface area (Å²) < 4.78 is 24.6. The number of rotatable bonds is 5. The van der Waals surface area contributed by atoms with Gasteiger partial charge >= 0.3 is 5.69 Å². The number of nitrogens with zero attached hydrogens (tertiary/aromatic N) is 2. The minimum Gasteiger partial charge on any atom is -0.371 e. The zero-order valence-corrected chi connectivity index (χ0v) is 17.8. The molecule has 0 bridgehead atoms. The van der Waals surface area contributed by atoms with Crippen LogP contribution >= 0.6 is 0 Å². The van der Waals surface area contributed by atoms with E-state index in [9.17, 15) is 14.4 Å². The van der Waals surface area contributed by atoms with E-state index in [0.717, 1.165) is 5.56 Å². The van der Waals surface area contributed by atoms with Crippen LogP contribution in [0.5, 0.6) is 0 Å². The average molecular weight is 434 g/mol. The number of nitrogens with one attached hydrogen (secondary N) is 2. The van der Waals surface area contributed by atoms with E-state index in [0.29, 0.717) is 11.5 Å². The molecule has 2 aromatic rings. The standard InChI is InChI=1S/C20H26N4O7/c1-10-12(11(2)31-23-10)7-16(26)21-8-14-18-17(29-20(3,4)30-18)13(9-28-14)24-6-5-15(25)22-19(24)27/h5-6,13-14,17-18H,7-9H2,1-4H3,(H,21,26)(H,22,25,27)/t13-,14-,17+,18-/m1/s1. The summed E-state index contributed by atoms with van der Waals surface area (Å²) in [6.45, 7) is 7.50. The highest BCUT2D eigenvalue weighted by Gasteiger charge is 2.52. The molecule has 2 saturated heterocycles. The SMILES string of the molecule is Cc1noc(C)c1CC(=O)NC[C@H]1OC[C@@H](n2ccc(=O)[nH]c2=O)[C@@H]2OC(C)(C)O[C@@H]21. The summed E-state index contributed by atoms with van der Waals surface area (Å²) in [6, 6.07) is 0.795. The normalized spacial score (nSPS) is 27.1. The number of carbonyl (C=O) groups is 1. The number of amides is 1. The Morgan fingerprint density at radius 2 is 2.03 bits per heavy atom. The molecule has 4 atom stereocenters. The molecular formula is C20H26N4O7. The van der Waals surface area contributed by atoms with Crippen molar-refractivity contribution in [3.63, 3.8) is 0 Å². The van der Waals surface area contributed by atoms with Crippen molar-refractivity contribution in [2.24, 2.45) is 0 Å². The summed E-state index contributed by atoms with van der Waals surface area (Å²) in [5, 5.41) is 6.74. The summed E-state index contributed by atoms with van der Waals surface area (Å²) >= 11 is 0. The number of H-pyrrole nitrogens is 1. The molecule has 0 saturated carbocycles. The number of hydrogen-bond donors (Lipinski definition) is 2. The third-order valence-corrected chi connectivity index (χ3v) is 5.62. The summed E-state index contributed by atoms with van der Waals surface area (Å²) in [5.41, 5.74) is 0.431. The van der Waals surface area contributed by atoms with E-state index in [4.69, 9.17) is 18.7 Å². The molecule has 2 aromatic heterocycles. The molecule has 2 fully saturated rings. The molecular weight excluding hydrogens is 408 g/mol. The maximum Gasteiger partial charge on any atom is 0.328 e. The number of ether oxygens (including phenoxy) is 3. The Bertz CT molecular complexity index is 1070. The minimum atomic E-state index is -0.883. The van der Waals surface area contributed by atoms with Crippen LogP contribution in [0.2, 0.25) is 0 Å². The first-order valence-electron chi connectivity index (χ1n) is 10.1. The van der Waals surface area contributed by atoms with Crippen LogP contribution in [0.1, 0.15) is 36.9 Å². The maximum atomic E-state index is 12.5. The van der Waals surface area contributed by atoms with Gasteiger partial charge in [0, 0.05) is 24.4 Å². The highest BCUT2D eigenvalue weighted by Crippen LogP contribution is 2.39.